The minimum Gasteiger partial charge on any atom is -0.497 e. The van der Waals surface area contributed by atoms with E-state index in [2.05, 4.69) is 5.32 Å². The summed E-state index contributed by atoms with van der Waals surface area (Å²) >= 11 is 0. The summed E-state index contributed by atoms with van der Waals surface area (Å²) in [4.78, 5) is 25.0. The van der Waals surface area contributed by atoms with Gasteiger partial charge >= 0.3 is 0 Å². The summed E-state index contributed by atoms with van der Waals surface area (Å²) in [6.45, 7) is 4.18. The van der Waals surface area contributed by atoms with Crippen LogP contribution in [0, 0.1) is 0 Å². The van der Waals surface area contributed by atoms with Crippen LogP contribution in [0.2, 0.25) is 0 Å². The first-order valence-electron chi connectivity index (χ1n) is 7.30. The zero-order valence-electron chi connectivity index (χ0n) is 13.6. The van der Waals surface area contributed by atoms with Gasteiger partial charge in [0, 0.05) is 32.5 Å². The van der Waals surface area contributed by atoms with Crippen molar-refractivity contribution in [3.8, 4) is 11.5 Å². The Hall–Kier alpha value is -2.24. The SMILES string of the molecule is CCCC(=O)NCCN(C(C)=O)c1cc(OC)ccc1OC. The standard InChI is InChI=1S/C16H24N2O4/c1-5-6-16(20)17-9-10-18(12(2)19)14-11-13(21-3)7-8-15(14)22-4/h7-8,11H,5-6,9-10H2,1-4H3,(H,17,20). The van der Waals surface area contributed by atoms with Crippen LogP contribution in [0.5, 0.6) is 11.5 Å². The Morgan fingerprint density at radius 3 is 2.50 bits per heavy atom. The lowest BCUT2D eigenvalue weighted by atomic mass is 10.2. The third kappa shape index (κ3) is 4.95. The predicted octanol–water partition coefficient (Wildman–Crippen LogP) is 1.97. The molecule has 0 saturated heterocycles. The van der Waals surface area contributed by atoms with Crippen molar-refractivity contribution in [2.24, 2.45) is 0 Å². The van der Waals surface area contributed by atoms with E-state index in [0.29, 0.717) is 36.7 Å². The van der Waals surface area contributed by atoms with E-state index >= 15 is 0 Å². The highest BCUT2D eigenvalue weighted by molar-refractivity contribution is 5.93. The first-order valence-corrected chi connectivity index (χ1v) is 7.30. The molecule has 0 aliphatic heterocycles. The molecular formula is C16H24N2O4. The molecule has 122 valence electrons. The summed E-state index contributed by atoms with van der Waals surface area (Å²) in [7, 11) is 3.11. The molecule has 1 aromatic carbocycles. The molecule has 6 nitrogen and oxygen atoms in total. The number of hydrogen-bond acceptors (Lipinski definition) is 4. The second kappa shape index (κ2) is 8.92. The molecule has 0 unspecified atom stereocenters. The fourth-order valence-corrected chi connectivity index (χ4v) is 2.08. The van der Waals surface area contributed by atoms with Crippen LogP contribution in [0.25, 0.3) is 0 Å². The number of methoxy groups -OCH3 is 2. The first-order chi connectivity index (χ1) is 10.5. The van der Waals surface area contributed by atoms with Gasteiger partial charge < -0.3 is 19.7 Å². The summed E-state index contributed by atoms with van der Waals surface area (Å²) in [6, 6.07) is 5.26. The average Bonchev–Trinajstić information content (AvgIpc) is 2.51. The minimum absolute atomic E-state index is 0.0105. The Labute approximate surface area is 131 Å². The zero-order chi connectivity index (χ0) is 16.5. The van der Waals surface area contributed by atoms with Crippen molar-refractivity contribution >= 4 is 17.5 Å². The number of anilines is 1. The lowest BCUT2D eigenvalue weighted by molar-refractivity contribution is -0.121. The molecule has 0 aliphatic rings. The van der Waals surface area contributed by atoms with E-state index in [9.17, 15) is 9.59 Å². The molecule has 0 fully saturated rings. The fraction of sp³-hybridized carbons (Fsp3) is 0.500. The van der Waals surface area contributed by atoms with Gasteiger partial charge in [0.2, 0.25) is 11.8 Å². The summed E-state index contributed by atoms with van der Waals surface area (Å²) in [6.07, 6.45) is 1.29. The number of ether oxygens (including phenoxy) is 2. The van der Waals surface area contributed by atoms with Gasteiger partial charge in [0.25, 0.3) is 0 Å². The number of rotatable bonds is 8. The van der Waals surface area contributed by atoms with Gasteiger partial charge in [0.05, 0.1) is 19.9 Å². The van der Waals surface area contributed by atoms with Gasteiger partial charge in [-0.3, -0.25) is 9.59 Å². The molecule has 0 heterocycles. The molecule has 0 spiro atoms. The van der Waals surface area contributed by atoms with Gasteiger partial charge in [-0.05, 0) is 18.6 Å². The highest BCUT2D eigenvalue weighted by Crippen LogP contribution is 2.32. The number of benzene rings is 1. The molecule has 22 heavy (non-hydrogen) atoms. The van der Waals surface area contributed by atoms with Gasteiger partial charge in [-0.1, -0.05) is 6.92 Å². The Morgan fingerprint density at radius 2 is 1.95 bits per heavy atom. The van der Waals surface area contributed by atoms with Crippen LogP contribution < -0.4 is 19.7 Å². The normalized spacial score (nSPS) is 10.0. The van der Waals surface area contributed by atoms with E-state index in [0.717, 1.165) is 6.42 Å². The van der Waals surface area contributed by atoms with Crippen LogP contribution in [0.4, 0.5) is 5.69 Å². The zero-order valence-corrected chi connectivity index (χ0v) is 13.6. The van der Waals surface area contributed by atoms with E-state index in [4.69, 9.17) is 9.47 Å². The van der Waals surface area contributed by atoms with Crippen molar-refractivity contribution in [2.75, 3.05) is 32.2 Å². The molecule has 0 atom stereocenters. The number of hydrogen-bond donors (Lipinski definition) is 1. The van der Waals surface area contributed by atoms with E-state index in [1.807, 2.05) is 6.92 Å². The minimum atomic E-state index is -0.128. The van der Waals surface area contributed by atoms with Crippen molar-refractivity contribution in [1.29, 1.82) is 0 Å². The van der Waals surface area contributed by atoms with Gasteiger partial charge in [0.15, 0.2) is 0 Å². The molecule has 0 bridgehead atoms. The quantitative estimate of drug-likeness (QED) is 0.797. The second-order valence-corrected chi connectivity index (χ2v) is 4.81. The lowest BCUT2D eigenvalue weighted by Crippen LogP contribution is -2.37. The number of carbonyl (C=O) groups excluding carboxylic acids is 2. The van der Waals surface area contributed by atoms with Crippen molar-refractivity contribution in [2.45, 2.75) is 26.7 Å². The Morgan fingerprint density at radius 1 is 1.23 bits per heavy atom. The van der Waals surface area contributed by atoms with Gasteiger partial charge in [-0.25, -0.2) is 0 Å². The van der Waals surface area contributed by atoms with Gasteiger partial charge in [0.1, 0.15) is 11.5 Å². The Balaban J connectivity index is 2.86. The maximum Gasteiger partial charge on any atom is 0.224 e. The average molecular weight is 308 g/mol. The molecule has 6 heteroatoms. The second-order valence-electron chi connectivity index (χ2n) is 4.81. The smallest absolute Gasteiger partial charge is 0.224 e. The summed E-state index contributed by atoms with van der Waals surface area (Å²) < 4.78 is 10.5. The maximum absolute atomic E-state index is 11.9. The van der Waals surface area contributed by atoms with Crippen LogP contribution in [-0.4, -0.2) is 39.1 Å². The fourth-order valence-electron chi connectivity index (χ4n) is 2.08. The van der Waals surface area contributed by atoms with Crippen LogP contribution in [0.3, 0.4) is 0 Å². The molecule has 2 amide bonds. The van der Waals surface area contributed by atoms with Crippen LogP contribution in [0.1, 0.15) is 26.7 Å². The monoisotopic (exact) mass is 308 g/mol. The van der Waals surface area contributed by atoms with E-state index in [1.54, 1.807) is 37.3 Å². The molecule has 0 aromatic heterocycles. The van der Waals surface area contributed by atoms with Crippen molar-refractivity contribution in [3.63, 3.8) is 0 Å². The van der Waals surface area contributed by atoms with Crippen molar-refractivity contribution in [3.05, 3.63) is 18.2 Å². The molecular weight excluding hydrogens is 284 g/mol. The Kier molecular flexibility index (Phi) is 7.22. The third-order valence-electron chi connectivity index (χ3n) is 3.19. The predicted molar refractivity (Wildman–Crippen MR) is 85.5 cm³/mol. The lowest BCUT2D eigenvalue weighted by Gasteiger charge is -2.24. The van der Waals surface area contributed by atoms with Gasteiger partial charge in [-0.15, -0.1) is 0 Å². The molecule has 1 rings (SSSR count). The third-order valence-corrected chi connectivity index (χ3v) is 3.19. The van der Waals surface area contributed by atoms with E-state index in [-0.39, 0.29) is 11.8 Å². The van der Waals surface area contributed by atoms with Crippen LogP contribution >= 0.6 is 0 Å². The Bertz CT molecular complexity index is 517. The van der Waals surface area contributed by atoms with Crippen LogP contribution in [0.15, 0.2) is 18.2 Å². The largest absolute Gasteiger partial charge is 0.497 e. The number of amides is 2. The first kappa shape index (κ1) is 17.8. The molecule has 0 saturated carbocycles. The maximum atomic E-state index is 11.9. The molecule has 1 aromatic rings. The summed E-state index contributed by atoms with van der Waals surface area (Å²) in [5.74, 6) is 1.08. The highest BCUT2D eigenvalue weighted by atomic mass is 16.5. The molecule has 0 aliphatic carbocycles. The topological polar surface area (TPSA) is 67.9 Å². The van der Waals surface area contributed by atoms with E-state index in [1.165, 1.54) is 6.92 Å². The number of carbonyl (C=O) groups is 2. The van der Waals surface area contributed by atoms with Crippen molar-refractivity contribution in [1.82, 2.24) is 5.32 Å². The molecule has 1 N–H and O–H groups in total. The van der Waals surface area contributed by atoms with E-state index < -0.39 is 0 Å². The summed E-state index contributed by atoms with van der Waals surface area (Å²) in [5.41, 5.74) is 0.624. The highest BCUT2D eigenvalue weighted by Gasteiger charge is 2.17. The summed E-state index contributed by atoms with van der Waals surface area (Å²) in [5, 5.41) is 2.80. The van der Waals surface area contributed by atoms with Crippen LogP contribution in [-0.2, 0) is 9.59 Å². The number of nitrogens with one attached hydrogen (secondary N) is 1. The number of nitrogens with zero attached hydrogens (tertiary/aromatic N) is 1. The molecule has 0 radical (unpaired) electrons. The van der Waals surface area contributed by atoms with Gasteiger partial charge in [-0.2, -0.15) is 0 Å². The van der Waals surface area contributed by atoms with Crippen molar-refractivity contribution < 1.29 is 19.1 Å².